The first kappa shape index (κ1) is 8.79. The number of rotatable bonds is 0. The summed E-state index contributed by atoms with van der Waals surface area (Å²) in [6.45, 7) is 0. The van der Waals surface area contributed by atoms with E-state index in [1.165, 1.54) is 0 Å². The van der Waals surface area contributed by atoms with E-state index < -0.39 is 0 Å². The molecule has 1 aliphatic rings. The molecule has 3 nitrogen and oxygen atoms in total. The third kappa shape index (κ3) is 1.26. The van der Waals surface area contributed by atoms with Crippen molar-refractivity contribution in [3.63, 3.8) is 0 Å². The fraction of sp³-hybridized carbons (Fsp3) is 0.286. The van der Waals surface area contributed by atoms with E-state index in [4.69, 9.17) is 0 Å². The summed E-state index contributed by atoms with van der Waals surface area (Å²) >= 11 is 4.18. The molecule has 0 N–H and O–H groups in total. The molecular weight excluding hydrogens is 382 g/mol. The Bertz CT molecular complexity index is 365. The molecule has 1 aliphatic carbocycles. The van der Waals surface area contributed by atoms with Crippen molar-refractivity contribution >= 4 is 51.0 Å². The van der Waals surface area contributed by atoms with Crippen molar-refractivity contribution in [1.29, 1.82) is 0 Å². The van der Waals surface area contributed by atoms with Gasteiger partial charge in [-0.15, -0.1) is 10.2 Å². The fourth-order valence-corrected chi connectivity index (χ4v) is 2.68. The van der Waals surface area contributed by atoms with Gasteiger partial charge in [0.25, 0.3) is 0 Å². The average Bonchev–Trinajstić information content (AvgIpc) is 2.42. The normalized spacial score (nSPS) is 15.0. The fourth-order valence-electron chi connectivity index (χ4n) is 1.30. The summed E-state index contributed by atoms with van der Waals surface area (Å²) in [5, 5.41) is 7.87. The van der Waals surface area contributed by atoms with Crippen LogP contribution in [0.4, 0.5) is 0 Å². The molecule has 0 fully saturated rings. The topological polar surface area (TPSA) is 42.9 Å². The number of aromatic nitrogens is 2. The van der Waals surface area contributed by atoms with Crippen LogP contribution in [0.5, 0.6) is 0 Å². The Morgan fingerprint density at radius 3 is 2.42 bits per heavy atom. The van der Waals surface area contributed by atoms with Crippen molar-refractivity contribution in [1.82, 2.24) is 10.2 Å². The smallest absolute Gasteiger partial charge is 0.166 e. The van der Waals surface area contributed by atoms with Crippen molar-refractivity contribution in [2.45, 2.75) is 12.8 Å². The Morgan fingerprint density at radius 1 is 1.08 bits per heavy atom. The van der Waals surface area contributed by atoms with Crippen molar-refractivity contribution in [2.75, 3.05) is 0 Å². The zero-order chi connectivity index (χ0) is 8.72. The second-order valence-electron chi connectivity index (χ2n) is 2.56. The molecule has 0 spiro atoms. The Morgan fingerprint density at radius 2 is 1.75 bits per heavy atom. The molecule has 5 heteroatoms. The van der Waals surface area contributed by atoms with Crippen molar-refractivity contribution in [3.05, 3.63) is 18.5 Å². The minimum Gasteiger partial charge on any atom is -0.294 e. The summed E-state index contributed by atoms with van der Waals surface area (Å²) in [7, 11) is 0. The minimum absolute atomic E-state index is 0.210. The third-order valence-electron chi connectivity index (χ3n) is 1.86. The number of Topliss-reactive ketones (excluding diaryl/α,β-unsaturated/α-hetero) is 1. The highest BCUT2D eigenvalue weighted by atomic mass is 127. The molecule has 0 amide bonds. The third-order valence-corrected chi connectivity index (χ3v) is 3.49. The molecule has 0 atom stereocenters. The maximum atomic E-state index is 11.4. The van der Waals surface area contributed by atoms with E-state index in [2.05, 4.69) is 55.4 Å². The lowest BCUT2D eigenvalue weighted by Crippen LogP contribution is -2.02. The van der Waals surface area contributed by atoms with Gasteiger partial charge in [-0.3, -0.25) is 4.79 Å². The zero-order valence-electron chi connectivity index (χ0n) is 5.97. The highest BCUT2D eigenvalue weighted by molar-refractivity contribution is 14.1. The molecular formula is C7H4I2N2O. The number of carbonyl (C=O) groups excluding carboxylic acids is 1. The minimum atomic E-state index is 0.210. The molecule has 0 aliphatic heterocycles. The SMILES string of the molecule is O=C1CCc2c(I)nnc(I)c21. The second kappa shape index (κ2) is 3.17. The molecule has 0 radical (unpaired) electrons. The summed E-state index contributed by atoms with van der Waals surface area (Å²) in [5.41, 5.74) is 1.88. The number of halogens is 2. The van der Waals surface area contributed by atoms with Gasteiger partial charge >= 0.3 is 0 Å². The van der Waals surface area contributed by atoms with Crippen LogP contribution in [0.2, 0.25) is 0 Å². The first-order valence-electron chi connectivity index (χ1n) is 3.44. The molecule has 62 valence electrons. The number of hydrogen-bond donors (Lipinski definition) is 0. The number of hydrogen-bond acceptors (Lipinski definition) is 3. The summed E-state index contributed by atoms with van der Waals surface area (Å²) in [4.78, 5) is 11.4. The Kier molecular flexibility index (Phi) is 2.32. The van der Waals surface area contributed by atoms with E-state index in [1.54, 1.807) is 0 Å². The predicted octanol–water partition coefficient (Wildman–Crippen LogP) is 1.81. The van der Waals surface area contributed by atoms with Crippen LogP contribution in [0.25, 0.3) is 0 Å². The lowest BCUT2D eigenvalue weighted by molar-refractivity contribution is 0.0993. The first-order valence-corrected chi connectivity index (χ1v) is 5.59. The molecule has 0 aromatic carbocycles. The van der Waals surface area contributed by atoms with E-state index in [9.17, 15) is 4.79 Å². The van der Waals surface area contributed by atoms with Crippen molar-refractivity contribution < 1.29 is 4.79 Å². The van der Waals surface area contributed by atoms with Crippen LogP contribution in [0, 0.1) is 7.40 Å². The van der Waals surface area contributed by atoms with Crippen LogP contribution in [0.1, 0.15) is 22.3 Å². The van der Waals surface area contributed by atoms with Gasteiger partial charge in [0.2, 0.25) is 0 Å². The van der Waals surface area contributed by atoms with Crippen molar-refractivity contribution in [2.24, 2.45) is 0 Å². The van der Waals surface area contributed by atoms with E-state index in [1.807, 2.05) is 0 Å². The Balaban J connectivity index is 2.72. The van der Waals surface area contributed by atoms with Gasteiger partial charge in [0.05, 0.1) is 5.56 Å². The summed E-state index contributed by atoms with van der Waals surface area (Å²) < 4.78 is 1.61. The van der Waals surface area contributed by atoms with Gasteiger partial charge in [0, 0.05) is 6.42 Å². The van der Waals surface area contributed by atoms with Crippen LogP contribution >= 0.6 is 45.2 Å². The van der Waals surface area contributed by atoms with Crippen LogP contribution in [0.3, 0.4) is 0 Å². The molecule has 1 heterocycles. The van der Waals surface area contributed by atoms with E-state index in [0.717, 1.165) is 24.9 Å². The number of carbonyl (C=O) groups is 1. The summed E-state index contributed by atoms with van der Waals surface area (Å²) in [6, 6.07) is 0. The van der Waals surface area contributed by atoms with Gasteiger partial charge in [0.15, 0.2) is 5.78 Å². The van der Waals surface area contributed by atoms with E-state index >= 15 is 0 Å². The molecule has 1 aromatic rings. The van der Waals surface area contributed by atoms with Crippen LogP contribution in [0.15, 0.2) is 0 Å². The quantitative estimate of drug-likeness (QED) is 0.640. The summed E-state index contributed by atoms with van der Waals surface area (Å²) in [6.07, 6.45) is 1.45. The maximum Gasteiger partial charge on any atom is 0.166 e. The van der Waals surface area contributed by atoms with Gasteiger partial charge in [0.1, 0.15) is 7.40 Å². The van der Waals surface area contributed by atoms with Crippen molar-refractivity contribution in [3.8, 4) is 0 Å². The molecule has 2 rings (SSSR count). The highest BCUT2D eigenvalue weighted by Crippen LogP contribution is 2.27. The van der Waals surface area contributed by atoms with E-state index in [-0.39, 0.29) is 5.78 Å². The second-order valence-corrected chi connectivity index (χ2v) is 4.60. The van der Waals surface area contributed by atoms with Crippen LogP contribution < -0.4 is 0 Å². The zero-order valence-corrected chi connectivity index (χ0v) is 10.3. The largest absolute Gasteiger partial charge is 0.294 e. The van der Waals surface area contributed by atoms with E-state index in [0.29, 0.717) is 6.42 Å². The lowest BCUT2D eigenvalue weighted by Gasteiger charge is -1.99. The molecule has 0 bridgehead atoms. The monoisotopic (exact) mass is 386 g/mol. The highest BCUT2D eigenvalue weighted by Gasteiger charge is 2.25. The van der Waals surface area contributed by atoms with Crippen LogP contribution in [-0.4, -0.2) is 16.0 Å². The summed E-state index contributed by atoms with van der Waals surface area (Å²) in [5.74, 6) is 0.210. The van der Waals surface area contributed by atoms with Gasteiger partial charge in [-0.1, -0.05) is 0 Å². The molecule has 12 heavy (non-hydrogen) atoms. The molecule has 1 aromatic heterocycles. The maximum absolute atomic E-state index is 11.4. The predicted molar refractivity (Wildman–Crippen MR) is 60.1 cm³/mol. The standard InChI is InChI=1S/C7H4I2N2O/c8-6-3-1-2-4(12)5(3)7(9)11-10-6/h1-2H2. The number of nitrogens with zero attached hydrogens (tertiary/aromatic N) is 2. The number of fused-ring (bicyclic) bond motifs is 1. The Labute approximate surface area is 96.6 Å². The van der Waals surface area contributed by atoms with Gasteiger partial charge in [-0.2, -0.15) is 0 Å². The molecule has 0 saturated heterocycles. The van der Waals surface area contributed by atoms with Crippen LogP contribution in [-0.2, 0) is 6.42 Å². The lowest BCUT2D eigenvalue weighted by atomic mass is 10.2. The Hall–Kier alpha value is 0.210. The van der Waals surface area contributed by atoms with Gasteiger partial charge < -0.3 is 0 Å². The van der Waals surface area contributed by atoms with Gasteiger partial charge in [-0.05, 0) is 57.2 Å². The molecule has 0 unspecified atom stereocenters. The van der Waals surface area contributed by atoms with Gasteiger partial charge in [-0.25, -0.2) is 0 Å². The number of ketones is 1. The first-order chi connectivity index (χ1) is 5.70. The molecule has 0 saturated carbocycles. The average molecular weight is 386 g/mol.